The number of benzene rings is 1. The highest BCUT2D eigenvalue weighted by Gasteiger charge is 2.51. The summed E-state index contributed by atoms with van der Waals surface area (Å²) in [6, 6.07) is 5.24. The fourth-order valence-electron chi connectivity index (χ4n) is 1.77. The van der Waals surface area contributed by atoms with Gasteiger partial charge in [0.1, 0.15) is 4.33 Å². The molecule has 0 spiro atoms. The minimum absolute atomic E-state index is 0.136. The van der Waals surface area contributed by atoms with Crippen molar-refractivity contribution in [2.75, 3.05) is 0 Å². The summed E-state index contributed by atoms with van der Waals surface area (Å²) < 4.78 is -0.682. The predicted molar refractivity (Wildman–Crippen MR) is 64.1 cm³/mol. The molecule has 1 saturated carbocycles. The standard InChI is InChI=1S/C11H11Cl2NO2/c1-7-2-3-8(10(4-7)14(15)16)5-9-6-11(9,12)13/h2-4,9H,5-6H2,1H3/t9-/m0/s1. The van der Waals surface area contributed by atoms with E-state index in [1.807, 2.05) is 13.0 Å². The number of nitro groups is 1. The molecule has 1 aliphatic rings. The van der Waals surface area contributed by atoms with Crippen molar-refractivity contribution in [1.29, 1.82) is 0 Å². The molecule has 0 unspecified atom stereocenters. The first-order chi connectivity index (χ1) is 7.40. The van der Waals surface area contributed by atoms with Gasteiger partial charge in [-0.15, -0.1) is 23.2 Å². The number of halogens is 2. The molecule has 0 amide bonds. The van der Waals surface area contributed by atoms with E-state index in [2.05, 4.69) is 0 Å². The molecule has 1 fully saturated rings. The van der Waals surface area contributed by atoms with Crippen LogP contribution in [0.15, 0.2) is 18.2 Å². The van der Waals surface area contributed by atoms with Gasteiger partial charge in [-0.25, -0.2) is 0 Å². The normalized spacial score (nSPS) is 21.8. The van der Waals surface area contributed by atoms with Gasteiger partial charge in [0, 0.05) is 11.6 Å². The number of nitrogens with zero attached hydrogens (tertiary/aromatic N) is 1. The van der Waals surface area contributed by atoms with E-state index in [0.717, 1.165) is 5.56 Å². The van der Waals surface area contributed by atoms with Crippen LogP contribution in [0.2, 0.25) is 0 Å². The van der Waals surface area contributed by atoms with Crippen LogP contribution in [0.25, 0.3) is 0 Å². The summed E-state index contributed by atoms with van der Waals surface area (Å²) in [5.41, 5.74) is 1.76. The SMILES string of the molecule is Cc1ccc(C[C@H]2CC2(Cl)Cl)c([N+](=O)[O-])c1. The molecule has 0 N–H and O–H groups in total. The second-order valence-electron chi connectivity index (χ2n) is 4.26. The summed E-state index contributed by atoms with van der Waals surface area (Å²) in [5.74, 6) is 0.136. The highest BCUT2D eigenvalue weighted by Crippen LogP contribution is 2.55. The van der Waals surface area contributed by atoms with Crippen molar-refractivity contribution in [2.45, 2.75) is 24.1 Å². The molecule has 16 heavy (non-hydrogen) atoms. The fourth-order valence-corrected chi connectivity index (χ4v) is 2.30. The van der Waals surface area contributed by atoms with Crippen molar-refractivity contribution in [3.8, 4) is 0 Å². The lowest BCUT2D eigenvalue weighted by Gasteiger charge is -2.04. The Morgan fingerprint density at radius 3 is 2.69 bits per heavy atom. The maximum absolute atomic E-state index is 10.9. The second-order valence-corrected chi connectivity index (χ2v) is 5.80. The first kappa shape index (κ1) is 11.7. The summed E-state index contributed by atoms with van der Waals surface area (Å²) in [7, 11) is 0. The number of hydrogen-bond acceptors (Lipinski definition) is 2. The first-order valence-corrected chi connectivity index (χ1v) is 5.77. The molecular weight excluding hydrogens is 249 g/mol. The smallest absolute Gasteiger partial charge is 0.258 e. The van der Waals surface area contributed by atoms with Crippen molar-refractivity contribution < 1.29 is 4.92 Å². The molecule has 0 aromatic heterocycles. The van der Waals surface area contributed by atoms with Gasteiger partial charge in [0.05, 0.1) is 4.92 Å². The molecule has 0 radical (unpaired) electrons. The molecule has 0 bridgehead atoms. The average Bonchev–Trinajstić information content (AvgIpc) is 2.76. The molecule has 3 nitrogen and oxygen atoms in total. The molecule has 1 atom stereocenters. The molecule has 2 rings (SSSR count). The van der Waals surface area contributed by atoms with E-state index in [4.69, 9.17) is 23.2 Å². The quantitative estimate of drug-likeness (QED) is 0.473. The maximum Gasteiger partial charge on any atom is 0.272 e. The summed E-state index contributed by atoms with van der Waals surface area (Å²) in [6.07, 6.45) is 1.28. The van der Waals surface area contributed by atoms with Gasteiger partial charge in [-0.1, -0.05) is 12.1 Å². The van der Waals surface area contributed by atoms with Gasteiger partial charge in [0.2, 0.25) is 0 Å². The second kappa shape index (κ2) is 3.90. The minimum Gasteiger partial charge on any atom is -0.258 e. The Labute approximate surface area is 104 Å². The zero-order valence-corrected chi connectivity index (χ0v) is 10.3. The summed E-state index contributed by atoms with van der Waals surface area (Å²) in [4.78, 5) is 10.5. The zero-order valence-electron chi connectivity index (χ0n) is 8.74. The van der Waals surface area contributed by atoms with Gasteiger partial charge < -0.3 is 0 Å². The van der Waals surface area contributed by atoms with E-state index in [-0.39, 0.29) is 16.5 Å². The maximum atomic E-state index is 10.9. The molecule has 86 valence electrons. The molecule has 5 heteroatoms. The van der Waals surface area contributed by atoms with E-state index in [0.29, 0.717) is 18.4 Å². The van der Waals surface area contributed by atoms with Crippen LogP contribution in [0.4, 0.5) is 5.69 Å². The Morgan fingerprint density at radius 1 is 1.56 bits per heavy atom. The minimum atomic E-state index is -0.682. The van der Waals surface area contributed by atoms with Crippen molar-refractivity contribution in [2.24, 2.45) is 5.92 Å². The molecule has 0 saturated heterocycles. The van der Waals surface area contributed by atoms with Crippen LogP contribution in [0.1, 0.15) is 17.5 Å². The predicted octanol–water partition coefficient (Wildman–Crippen LogP) is 3.64. The van der Waals surface area contributed by atoms with E-state index < -0.39 is 4.33 Å². The Morgan fingerprint density at radius 2 is 2.19 bits per heavy atom. The van der Waals surface area contributed by atoms with Crippen molar-refractivity contribution in [3.63, 3.8) is 0 Å². The van der Waals surface area contributed by atoms with Crippen LogP contribution < -0.4 is 0 Å². The van der Waals surface area contributed by atoms with Crippen molar-refractivity contribution in [3.05, 3.63) is 39.4 Å². The van der Waals surface area contributed by atoms with Crippen molar-refractivity contribution in [1.82, 2.24) is 0 Å². The lowest BCUT2D eigenvalue weighted by atomic mass is 10.0. The third kappa shape index (κ3) is 2.30. The molecule has 1 aliphatic carbocycles. The number of nitro benzene ring substituents is 1. The molecule has 0 aliphatic heterocycles. The van der Waals surface area contributed by atoms with Crippen LogP contribution in [0, 0.1) is 23.0 Å². The highest BCUT2D eigenvalue weighted by molar-refractivity contribution is 6.50. The van der Waals surface area contributed by atoms with Crippen LogP contribution in [-0.4, -0.2) is 9.26 Å². The van der Waals surface area contributed by atoms with E-state index >= 15 is 0 Å². The molecule has 0 heterocycles. The summed E-state index contributed by atoms with van der Waals surface area (Å²) in [5, 5.41) is 10.9. The number of hydrogen-bond donors (Lipinski definition) is 0. The molecular formula is C11H11Cl2NO2. The fraction of sp³-hybridized carbons (Fsp3) is 0.455. The number of alkyl halides is 2. The Hall–Kier alpha value is -0.800. The number of rotatable bonds is 3. The van der Waals surface area contributed by atoms with Crippen molar-refractivity contribution >= 4 is 28.9 Å². The molecule has 1 aromatic carbocycles. The third-order valence-electron chi connectivity index (χ3n) is 2.86. The topological polar surface area (TPSA) is 43.1 Å². The van der Waals surface area contributed by atoms with E-state index in [1.165, 1.54) is 0 Å². The van der Waals surface area contributed by atoms with E-state index in [9.17, 15) is 10.1 Å². The summed E-state index contributed by atoms with van der Waals surface area (Å²) in [6.45, 7) is 1.83. The highest BCUT2D eigenvalue weighted by atomic mass is 35.5. The van der Waals surface area contributed by atoms with E-state index in [1.54, 1.807) is 12.1 Å². The first-order valence-electron chi connectivity index (χ1n) is 5.02. The molecule has 1 aromatic rings. The van der Waals surface area contributed by atoms with Crippen LogP contribution in [0.5, 0.6) is 0 Å². The lowest BCUT2D eigenvalue weighted by molar-refractivity contribution is -0.385. The summed E-state index contributed by atoms with van der Waals surface area (Å²) >= 11 is 11.8. The Kier molecular flexibility index (Phi) is 2.84. The average molecular weight is 260 g/mol. The van der Waals surface area contributed by atoms with Crippen LogP contribution in [0.3, 0.4) is 0 Å². The van der Waals surface area contributed by atoms with Gasteiger partial charge in [-0.2, -0.15) is 0 Å². The van der Waals surface area contributed by atoms with Crippen LogP contribution >= 0.6 is 23.2 Å². The van der Waals surface area contributed by atoms with Gasteiger partial charge in [-0.05, 0) is 31.2 Å². The van der Waals surface area contributed by atoms with Crippen LogP contribution in [-0.2, 0) is 6.42 Å². The lowest BCUT2D eigenvalue weighted by Crippen LogP contribution is -2.00. The Balaban J connectivity index is 2.24. The van der Waals surface area contributed by atoms with Gasteiger partial charge in [0.15, 0.2) is 0 Å². The monoisotopic (exact) mass is 259 g/mol. The van der Waals surface area contributed by atoms with Gasteiger partial charge >= 0.3 is 0 Å². The number of aryl methyl sites for hydroxylation is 1. The third-order valence-corrected chi connectivity index (χ3v) is 3.79. The van der Waals surface area contributed by atoms with Gasteiger partial charge in [-0.3, -0.25) is 10.1 Å². The largest absolute Gasteiger partial charge is 0.272 e. The zero-order chi connectivity index (χ0) is 11.9. The Bertz CT molecular complexity index is 446. The van der Waals surface area contributed by atoms with Gasteiger partial charge in [0.25, 0.3) is 5.69 Å².